The van der Waals surface area contributed by atoms with Gasteiger partial charge in [0.05, 0.1) is 5.41 Å². The van der Waals surface area contributed by atoms with Gasteiger partial charge in [0.25, 0.3) is 0 Å². The van der Waals surface area contributed by atoms with E-state index in [9.17, 15) is 0 Å². The Labute approximate surface area is 331 Å². The summed E-state index contributed by atoms with van der Waals surface area (Å²) in [5, 5.41) is 2.33. The van der Waals surface area contributed by atoms with Crippen LogP contribution in [0.15, 0.2) is 217 Å². The highest BCUT2D eigenvalue weighted by molar-refractivity contribution is 6.16. The van der Waals surface area contributed by atoms with Gasteiger partial charge in [0, 0.05) is 27.8 Å². The minimum absolute atomic E-state index is 0.513. The Bertz CT molecular complexity index is 3030. The quantitative estimate of drug-likeness (QED) is 0.176. The summed E-state index contributed by atoms with van der Waals surface area (Å²) >= 11 is 0. The molecule has 12 rings (SSSR count). The van der Waals surface area contributed by atoms with Gasteiger partial charge in [-0.05, 0) is 115 Å². The maximum atomic E-state index is 6.54. The van der Waals surface area contributed by atoms with E-state index >= 15 is 0 Å². The average molecular weight is 726 g/mol. The first-order valence-corrected chi connectivity index (χ1v) is 19.7. The smallest absolute Gasteiger partial charge is 0.136 e. The SMILES string of the molecule is c1ccc(-c2ccc(N(c3ccc(-c4ccccc4)cc3)c3ccc4c(c3)C3(c5ccccc5-c5ccccc53)c3ccc5oc6ccccc6c5c3-4)cc2)cc1. The number of benzene rings is 9. The van der Waals surface area contributed by atoms with Crippen LogP contribution in [-0.4, -0.2) is 0 Å². The second-order valence-corrected chi connectivity index (χ2v) is 15.2. The molecular formula is C55H35NO. The Morgan fingerprint density at radius 1 is 0.333 bits per heavy atom. The lowest BCUT2D eigenvalue weighted by molar-refractivity contribution is 0.668. The molecule has 1 heterocycles. The zero-order chi connectivity index (χ0) is 37.5. The number of nitrogens with zero attached hydrogens (tertiary/aromatic N) is 1. The number of para-hydroxylation sites is 1. The predicted molar refractivity (Wildman–Crippen MR) is 236 cm³/mol. The molecular weight excluding hydrogens is 691 g/mol. The molecule has 1 spiro atoms. The first-order chi connectivity index (χ1) is 28.3. The molecule has 0 saturated heterocycles. The van der Waals surface area contributed by atoms with Crippen molar-refractivity contribution in [2.45, 2.75) is 5.41 Å². The maximum absolute atomic E-state index is 6.54. The van der Waals surface area contributed by atoms with Crippen LogP contribution in [0.2, 0.25) is 0 Å². The summed E-state index contributed by atoms with van der Waals surface area (Å²) in [6, 6.07) is 77.4. The monoisotopic (exact) mass is 725 g/mol. The molecule has 2 aliphatic rings. The van der Waals surface area contributed by atoms with Crippen molar-refractivity contribution < 1.29 is 4.42 Å². The Balaban J connectivity index is 1.12. The zero-order valence-electron chi connectivity index (χ0n) is 31.1. The van der Waals surface area contributed by atoms with Crippen molar-refractivity contribution in [3.8, 4) is 44.5 Å². The molecule has 0 saturated carbocycles. The minimum atomic E-state index is -0.513. The fraction of sp³-hybridized carbons (Fsp3) is 0.0182. The van der Waals surface area contributed by atoms with Crippen LogP contribution >= 0.6 is 0 Å². The third kappa shape index (κ3) is 4.59. The highest BCUT2D eigenvalue weighted by Crippen LogP contribution is 2.64. The van der Waals surface area contributed by atoms with E-state index in [0.717, 1.165) is 33.6 Å². The molecule has 0 amide bonds. The first-order valence-electron chi connectivity index (χ1n) is 19.7. The van der Waals surface area contributed by atoms with Crippen molar-refractivity contribution >= 4 is 39.0 Å². The van der Waals surface area contributed by atoms with Crippen molar-refractivity contribution in [2.24, 2.45) is 0 Å². The standard InChI is InChI=1S/C55H35NO/c1-3-13-36(14-4-1)38-23-27-40(28-24-38)56(41-29-25-39(26-30-41)37-15-5-2-6-16-37)42-31-32-45-50(35-42)55(47-20-10-7-17-43(47)44-18-8-11-21-48(44)55)49-33-34-52-54(53(45)49)46-19-9-12-22-51(46)57-52/h1-35H. The van der Waals surface area contributed by atoms with Gasteiger partial charge in [0.2, 0.25) is 0 Å². The second-order valence-electron chi connectivity index (χ2n) is 15.2. The van der Waals surface area contributed by atoms with E-state index in [0.29, 0.717) is 0 Å². The van der Waals surface area contributed by atoms with Crippen LogP contribution in [0.5, 0.6) is 0 Å². The molecule has 0 unspecified atom stereocenters. The van der Waals surface area contributed by atoms with E-state index in [4.69, 9.17) is 4.42 Å². The number of anilines is 3. The molecule has 0 bridgehead atoms. The van der Waals surface area contributed by atoms with Gasteiger partial charge >= 0.3 is 0 Å². The second kappa shape index (κ2) is 12.3. The molecule has 2 heteroatoms. The lowest BCUT2D eigenvalue weighted by Crippen LogP contribution is -2.26. The van der Waals surface area contributed by atoms with Crippen molar-refractivity contribution in [2.75, 3.05) is 4.90 Å². The van der Waals surface area contributed by atoms with Gasteiger partial charge in [0.15, 0.2) is 0 Å². The number of fused-ring (bicyclic) bond motifs is 14. The van der Waals surface area contributed by atoms with Crippen LogP contribution < -0.4 is 4.90 Å². The number of rotatable bonds is 5. The molecule has 0 aliphatic heterocycles. The van der Waals surface area contributed by atoms with Gasteiger partial charge in [-0.3, -0.25) is 0 Å². The summed E-state index contributed by atoms with van der Waals surface area (Å²) in [6.07, 6.45) is 0. The van der Waals surface area contributed by atoms with Crippen LogP contribution in [0, 0.1) is 0 Å². The zero-order valence-corrected chi connectivity index (χ0v) is 31.1. The third-order valence-corrected chi connectivity index (χ3v) is 12.3. The summed E-state index contributed by atoms with van der Waals surface area (Å²) in [4.78, 5) is 2.41. The van der Waals surface area contributed by atoms with E-state index in [2.05, 4.69) is 217 Å². The average Bonchev–Trinajstić information content (AvgIpc) is 3.91. The van der Waals surface area contributed by atoms with Crippen LogP contribution in [0.3, 0.4) is 0 Å². The molecule has 0 radical (unpaired) electrons. The van der Waals surface area contributed by atoms with Crippen molar-refractivity contribution in [1.29, 1.82) is 0 Å². The molecule has 0 fully saturated rings. The Morgan fingerprint density at radius 3 is 1.46 bits per heavy atom. The lowest BCUT2D eigenvalue weighted by atomic mass is 9.70. The van der Waals surface area contributed by atoms with Gasteiger partial charge in [-0.1, -0.05) is 164 Å². The van der Waals surface area contributed by atoms with Crippen molar-refractivity contribution in [3.63, 3.8) is 0 Å². The Morgan fingerprint density at radius 2 is 0.842 bits per heavy atom. The van der Waals surface area contributed by atoms with E-state index in [-0.39, 0.29) is 0 Å². The van der Waals surface area contributed by atoms with E-state index in [1.165, 1.54) is 72.1 Å². The van der Waals surface area contributed by atoms with Gasteiger partial charge < -0.3 is 9.32 Å². The van der Waals surface area contributed by atoms with Gasteiger partial charge in [-0.2, -0.15) is 0 Å². The molecule has 10 aromatic rings. The number of hydrogen-bond acceptors (Lipinski definition) is 2. The Hall–Kier alpha value is -7.42. The largest absolute Gasteiger partial charge is 0.456 e. The van der Waals surface area contributed by atoms with Crippen LogP contribution in [0.25, 0.3) is 66.4 Å². The van der Waals surface area contributed by atoms with Gasteiger partial charge in [-0.25, -0.2) is 0 Å². The van der Waals surface area contributed by atoms with E-state index in [1.807, 2.05) is 0 Å². The predicted octanol–water partition coefficient (Wildman–Crippen LogP) is 14.7. The van der Waals surface area contributed by atoms with E-state index < -0.39 is 5.41 Å². The third-order valence-electron chi connectivity index (χ3n) is 12.3. The summed E-state index contributed by atoms with van der Waals surface area (Å²) in [5.41, 5.74) is 19.7. The number of furan rings is 1. The molecule has 57 heavy (non-hydrogen) atoms. The molecule has 0 N–H and O–H groups in total. The summed E-state index contributed by atoms with van der Waals surface area (Å²) in [5.74, 6) is 0. The fourth-order valence-electron chi connectivity index (χ4n) is 9.88. The normalized spacial score (nSPS) is 13.1. The highest BCUT2D eigenvalue weighted by atomic mass is 16.3. The maximum Gasteiger partial charge on any atom is 0.136 e. The first kappa shape index (κ1) is 31.9. The van der Waals surface area contributed by atoms with Gasteiger partial charge in [0.1, 0.15) is 11.2 Å². The summed E-state index contributed by atoms with van der Waals surface area (Å²) in [6.45, 7) is 0. The molecule has 9 aromatic carbocycles. The lowest BCUT2D eigenvalue weighted by Gasteiger charge is -2.32. The summed E-state index contributed by atoms with van der Waals surface area (Å²) < 4.78 is 6.54. The van der Waals surface area contributed by atoms with Crippen molar-refractivity contribution in [3.05, 3.63) is 235 Å². The fourth-order valence-corrected chi connectivity index (χ4v) is 9.88. The topological polar surface area (TPSA) is 16.4 Å². The Kier molecular flexibility index (Phi) is 6.88. The molecule has 2 aliphatic carbocycles. The molecule has 1 aromatic heterocycles. The highest BCUT2D eigenvalue weighted by Gasteiger charge is 2.52. The van der Waals surface area contributed by atoms with E-state index in [1.54, 1.807) is 0 Å². The van der Waals surface area contributed by atoms with Crippen molar-refractivity contribution in [1.82, 2.24) is 0 Å². The molecule has 266 valence electrons. The molecule has 0 atom stereocenters. The van der Waals surface area contributed by atoms with Crippen LogP contribution in [0.1, 0.15) is 22.3 Å². The van der Waals surface area contributed by atoms with Gasteiger partial charge in [-0.15, -0.1) is 0 Å². The van der Waals surface area contributed by atoms with Crippen LogP contribution in [0.4, 0.5) is 17.1 Å². The number of hydrogen-bond donors (Lipinski definition) is 0. The van der Waals surface area contributed by atoms with Crippen LogP contribution in [-0.2, 0) is 5.41 Å². The summed E-state index contributed by atoms with van der Waals surface area (Å²) in [7, 11) is 0. The minimum Gasteiger partial charge on any atom is -0.456 e. The molecule has 2 nitrogen and oxygen atoms in total.